The molecule has 1 aromatic carbocycles. The van der Waals surface area contributed by atoms with E-state index in [1.165, 1.54) is 6.07 Å². The van der Waals surface area contributed by atoms with Crippen LogP contribution in [0.4, 0.5) is 4.39 Å². The first kappa shape index (κ1) is 13.4. The Morgan fingerprint density at radius 2 is 2.19 bits per heavy atom. The van der Waals surface area contributed by atoms with E-state index < -0.39 is 5.97 Å². The van der Waals surface area contributed by atoms with E-state index in [-0.39, 0.29) is 11.5 Å². The second-order valence-electron chi connectivity index (χ2n) is 4.63. The zero-order valence-corrected chi connectivity index (χ0v) is 11.7. The van der Waals surface area contributed by atoms with Crippen LogP contribution in [-0.2, 0) is 4.74 Å². The van der Waals surface area contributed by atoms with Crippen molar-refractivity contribution in [1.29, 1.82) is 0 Å². The van der Waals surface area contributed by atoms with Crippen LogP contribution in [-0.4, -0.2) is 27.2 Å². The number of ether oxygens (including phenoxy) is 1. The molecule has 108 valence electrons. The zero-order chi connectivity index (χ0) is 15.0. The summed E-state index contributed by atoms with van der Waals surface area (Å²) in [5.41, 5.74) is 2.70. The number of esters is 1. The number of aromatic nitrogens is 3. The molecule has 0 aliphatic rings. The van der Waals surface area contributed by atoms with Crippen molar-refractivity contribution in [2.45, 2.75) is 13.8 Å². The second kappa shape index (κ2) is 5.05. The summed E-state index contributed by atoms with van der Waals surface area (Å²) in [6.07, 6.45) is 1.55. The normalized spacial score (nSPS) is 11.0. The molecular formula is C15H14FN3O2. The molecule has 0 aliphatic heterocycles. The molecule has 6 heteroatoms. The molecule has 0 unspecified atom stereocenters. The first-order valence-electron chi connectivity index (χ1n) is 6.61. The van der Waals surface area contributed by atoms with Crippen molar-refractivity contribution in [2.24, 2.45) is 0 Å². The third-order valence-electron chi connectivity index (χ3n) is 3.28. The number of carbonyl (C=O) groups is 1. The summed E-state index contributed by atoms with van der Waals surface area (Å²) in [6.45, 7) is 3.86. The molecule has 3 aromatic rings. The van der Waals surface area contributed by atoms with Gasteiger partial charge >= 0.3 is 5.97 Å². The third-order valence-corrected chi connectivity index (χ3v) is 3.28. The van der Waals surface area contributed by atoms with Gasteiger partial charge in [-0.05, 0) is 26.0 Å². The van der Waals surface area contributed by atoms with Gasteiger partial charge in [-0.1, -0.05) is 12.1 Å². The van der Waals surface area contributed by atoms with Gasteiger partial charge in [-0.2, -0.15) is 0 Å². The van der Waals surface area contributed by atoms with Gasteiger partial charge in [-0.15, -0.1) is 0 Å². The SMILES string of the molecule is CCOC(=O)c1cn2[nH]c(-c3ccccc3F)c(C)c2n1. The number of halogens is 1. The minimum Gasteiger partial charge on any atom is -0.461 e. The molecule has 0 bridgehead atoms. The highest BCUT2D eigenvalue weighted by molar-refractivity contribution is 5.88. The van der Waals surface area contributed by atoms with Crippen LogP contribution in [0.3, 0.4) is 0 Å². The molecule has 2 aromatic heterocycles. The fourth-order valence-electron chi connectivity index (χ4n) is 2.28. The summed E-state index contributed by atoms with van der Waals surface area (Å²) >= 11 is 0. The van der Waals surface area contributed by atoms with Crippen LogP contribution in [0.25, 0.3) is 16.9 Å². The Labute approximate surface area is 120 Å². The summed E-state index contributed by atoms with van der Waals surface area (Å²) in [5.74, 6) is -0.780. The zero-order valence-electron chi connectivity index (χ0n) is 11.7. The lowest BCUT2D eigenvalue weighted by molar-refractivity contribution is 0.0520. The van der Waals surface area contributed by atoms with E-state index in [1.807, 2.05) is 6.92 Å². The number of hydrogen-bond donors (Lipinski definition) is 1. The van der Waals surface area contributed by atoms with Crippen LogP contribution in [0.5, 0.6) is 0 Å². The number of benzene rings is 1. The molecule has 5 nitrogen and oxygen atoms in total. The Balaban J connectivity index is 2.08. The maximum Gasteiger partial charge on any atom is 0.358 e. The molecule has 21 heavy (non-hydrogen) atoms. The number of imidazole rings is 1. The van der Waals surface area contributed by atoms with Crippen molar-refractivity contribution in [2.75, 3.05) is 6.61 Å². The van der Waals surface area contributed by atoms with Crippen LogP contribution in [0.1, 0.15) is 23.0 Å². The number of carbonyl (C=O) groups excluding carboxylic acids is 1. The molecule has 0 aliphatic carbocycles. The average Bonchev–Trinajstić information content (AvgIpc) is 3.00. The van der Waals surface area contributed by atoms with Crippen LogP contribution < -0.4 is 0 Å². The minimum atomic E-state index is -0.471. The van der Waals surface area contributed by atoms with Gasteiger partial charge in [0.05, 0.1) is 18.5 Å². The largest absolute Gasteiger partial charge is 0.461 e. The van der Waals surface area contributed by atoms with Crippen LogP contribution in [0, 0.1) is 12.7 Å². The molecule has 0 saturated carbocycles. The first-order chi connectivity index (χ1) is 10.1. The lowest BCUT2D eigenvalue weighted by Gasteiger charge is -2.01. The number of rotatable bonds is 3. The minimum absolute atomic E-state index is 0.228. The Bertz CT molecular complexity index is 820. The van der Waals surface area contributed by atoms with E-state index in [2.05, 4.69) is 10.1 Å². The molecule has 0 radical (unpaired) electrons. The lowest BCUT2D eigenvalue weighted by atomic mass is 10.1. The lowest BCUT2D eigenvalue weighted by Crippen LogP contribution is -2.04. The van der Waals surface area contributed by atoms with Gasteiger partial charge in [0, 0.05) is 11.1 Å². The Morgan fingerprint density at radius 1 is 1.43 bits per heavy atom. The predicted octanol–water partition coefficient (Wildman–Crippen LogP) is 2.95. The van der Waals surface area contributed by atoms with Crippen molar-refractivity contribution >= 4 is 11.6 Å². The summed E-state index contributed by atoms with van der Waals surface area (Å²) in [5, 5.41) is 3.04. The fourth-order valence-corrected chi connectivity index (χ4v) is 2.28. The van der Waals surface area contributed by atoms with Gasteiger partial charge < -0.3 is 4.74 Å². The quantitative estimate of drug-likeness (QED) is 0.753. The molecule has 0 spiro atoms. The maximum atomic E-state index is 13.9. The van der Waals surface area contributed by atoms with E-state index in [0.717, 1.165) is 5.56 Å². The van der Waals surface area contributed by atoms with Crippen LogP contribution in [0.15, 0.2) is 30.5 Å². The van der Waals surface area contributed by atoms with Gasteiger partial charge in [-0.25, -0.2) is 18.7 Å². The van der Waals surface area contributed by atoms with E-state index in [9.17, 15) is 9.18 Å². The monoisotopic (exact) mass is 287 g/mol. The molecule has 2 heterocycles. The van der Waals surface area contributed by atoms with Crippen molar-refractivity contribution in [3.05, 3.63) is 47.5 Å². The topological polar surface area (TPSA) is 59.4 Å². The van der Waals surface area contributed by atoms with Crippen molar-refractivity contribution in [3.8, 4) is 11.3 Å². The summed E-state index contributed by atoms with van der Waals surface area (Å²) in [6, 6.07) is 6.51. The molecule has 0 amide bonds. The second-order valence-corrected chi connectivity index (χ2v) is 4.63. The van der Waals surface area contributed by atoms with Gasteiger partial charge in [0.25, 0.3) is 0 Å². The van der Waals surface area contributed by atoms with E-state index in [4.69, 9.17) is 4.74 Å². The van der Waals surface area contributed by atoms with E-state index in [0.29, 0.717) is 23.5 Å². The fraction of sp³-hybridized carbons (Fsp3) is 0.200. The molecule has 1 N–H and O–H groups in total. The number of nitrogens with zero attached hydrogens (tertiary/aromatic N) is 2. The average molecular weight is 287 g/mol. The molecular weight excluding hydrogens is 273 g/mol. The van der Waals surface area contributed by atoms with Gasteiger partial charge in [0.15, 0.2) is 11.3 Å². The first-order valence-corrected chi connectivity index (χ1v) is 6.61. The summed E-state index contributed by atoms with van der Waals surface area (Å²) in [4.78, 5) is 15.9. The number of hydrogen-bond acceptors (Lipinski definition) is 3. The Morgan fingerprint density at radius 3 is 2.86 bits per heavy atom. The Hall–Kier alpha value is -2.63. The van der Waals surface area contributed by atoms with Gasteiger partial charge in [0.1, 0.15) is 5.82 Å². The third kappa shape index (κ3) is 2.18. The van der Waals surface area contributed by atoms with Gasteiger partial charge in [-0.3, -0.25) is 5.10 Å². The van der Waals surface area contributed by atoms with E-state index in [1.54, 1.807) is 35.8 Å². The van der Waals surface area contributed by atoms with Crippen LogP contribution >= 0.6 is 0 Å². The molecule has 3 rings (SSSR count). The van der Waals surface area contributed by atoms with Crippen molar-refractivity contribution in [3.63, 3.8) is 0 Å². The van der Waals surface area contributed by atoms with Crippen molar-refractivity contribution < 1.29 is 13.9 Å². The van der Waals surface area contributed by atoms with Crippen molar-refractivity contribution in [1.82, 2.24) is 14.6 Å². The van der Waals surface area contributed by atoms with Crippen LogP contribution in [0.2, 0.25) is 0 Å². The summed E-state index contributed by atoms with van der Waals surface area (Å²) < 4.78 is 20.4. The predicted molar refractivity (Wildman–Crippen MR) is 75.6 cm³/mol. The van der Waals surface area contributed by atoms with Gasteiger partial charge in [0.2, 0.25) is 0 Å². The summed E-state index contributed by atoms with van der Waals surface area (Å²) in [7, 11) is 0. The highest BCUT2D eigenvalue weighted by Crippen LogP contribution is 2.27. The highest BCUT2D eigenvalue weighted by Gasteiger charge is 2.18. The number of fused-ring (bicyclic) bond motifs is 1. The standard InChI is InChI=1S/C15H14FN3O2/c1-3-21-15(20)12-8-19-14(17-12)9(2)13(18-19)10-6-4-5-7-11(10)16/h4-8,18H,3H2,1-2H3. The molecule has 0 saturated heterocycles. The number of H-pyrrole nitrogens is 1. The molecule has 0 fully saturated rings. The number of aryl methyl sites for hydroxylation is 1. The highest BCUT2D eigenvalue weighted by atomic mass is 19.1. The maximum absolute atomic E-state index is 13.9. The van der Waals surface area contributed by atoms with E-state index >= 15 is 0 Å². The Kier molecular flexibility index (Phi) is 3.21. The molecule has 0 atom stereocenters. The number of aromatic amines is 1. The number of nitrogens with one attached hydrogen (secondary N) is 1. The smallest absolute Gasteiger partial charge is 0.358 e.